The van der Waals surface area contributed by atoms with Crippen LogP contribution in [0.15, 0.2) is 36.4 Å². The van der Waals surface area contributed by atoms with E-state index < -0.39 is 10.0 Å². The summed E-state index contributed by atoms with van der Waals surface area (Å²) in [5.41, 5.74) is 2.08. The van der Waals surface area contributed by atoms with E-state index >= 15 is 0 Å². The molecule has 0 saturated carbocycles. The quantitative estimate of drug-likeness (QED) is 0.862. The minimum Gasteiger partial charge on any atom is -0.372 e. The zero-order valence-corrected chi connectivity index (χ0v) is 15.8. The van der Waals surface area contributed by atoms with Crippen molar-refractivity contribution < 1.29 is 13.2 Å². The van der Waals surface area contributed by atoms with Crippen LogP contribution in [0.25, 0.3) is 10.9 Å². The molecule has 1 spiro atoms. The average Bonchev–Trinajstić information content (AvgIpc) is 2.59. The second kappa shape index (κ2) is 6.88. The largest absolute Gasteiger partial charge is 0.372 e. The van der Waals surface area contributed by atoms with Crippen LogP contribution in [0.4, 0.5) is 0 Å². The molecule has 1 aromatic heterocycles. The van der Waals surface area contributed by atoms with Crippen molar-refractivity contribution in [1.29, 1.82) is 0 Å². The molecule has 7 heteroatoms. The number of nitrogens with zero attached hydrogens (tertiary/aromatic N) is 2. The van der Waals surface area contributed by atoms with Crippen molar-refractivity contribution >= 4 is 20.9 Å². The molecule has 1 atom stereocenters. The summed E-state index contributed by atoms with van der Waals surface area (Å²) in [6.07, 6.45) is 3.19. The molecule has 0 bridgehead atoms. The van der Waals surface area contributed by atoms with Gasteiger partial charge in [-0.2, -0.15) is 0 Å². The van der Waals surface area contributed by atoms with Crippen molar-refractivity contribution in [2.24, 2.45) is 5.92 Å². The molecule has 0 aliphatic carbocycles. The molecule has 1 N–H and O–H groups in total. The third-order valence-electron chi connectivity index (χ3n) is 5.33. The SMILES string of the molecule is CS(=O)(=O)NC[C@H]1CCC2(CN(Cc3ccc4ccccc4n3)C2)OC1. The number of ether oxygens (including phenoxy) is 1. The maximum absolute atomic E-state index is 11.2. The van der Waals surface area contributed by atoms with Crippen LogP contribution in [0, 0.1) is 5.92 Å². The number of hydrogen-bond acceptors (Lipinski definition) is 5. The maximum atomic E-state index is 11.2. The Morgan fingerprint density at radius 2 is 2.08 bits per heavy atom. The molecule has 4 rings (SSSR count). The van der Waals surface area contributed by atoms with Gasteiger partial charge < -0.3 is 4.74 Å². The van der Waals surface area contributed by atoms with Gasteiger partial charge in [-0.1, -0.05) is 24.3 Å². The standard InChI is InChI=1S/C19H25N3O3S/c1-26(23,24)20-10-15-8-9-19(25-12-15)13-22(14-19)11-17-7-6-16-4-2-3-5-18(16)21-17/h2-7,15,20H,8-14H2,1H3/t15-/m1/s1. The topological polar surface area (TPSA) is 71.5 Å². The molecular weight excluding hydrogens is 350 g/mol. The second-order valence-electron chi connectivity index (χ2n) is 7.66. The van der Waals surface area contributed by atoms with Gasteiger partial charge >= 0.3 is 0 Å². The molecule has 2 aromatic rings. The van der Waals surface area contributed by atoms with Crippen LogP contribution in [0.3, 0.4) is 0 Å². The molecule has 6 nitrogen and oxygen atoms in total. The maximum Gasteiger partial charge on any atom is 0.208 e. The Hall–Kier alpha value is -1.54. The highest BCUT2D eigenvalue weighted by molar-refractivity contribution is 7.88. The summed E-state index contributed by atoms with van der Waals surface area (Å²) in [5.74, 6) is 0.270. The van der Waals surface area contributed by atoms with E-state index in [4.69, 9.17) is 9.72 Å². The smallest absolute Gasteiger partial charge is 0.208 e. The molecule has 1 aromatic carbocycles. The summed E-state index contributed by atoms with van der Waals surface area (Å²) >= 11 is 0. The van der Waals surface area contributed by atoms with Crippen LogP contribution in [-0.4, -0.2) is 56.4 Å². The van der Waals surface area contributed by atoms with Crippen LogP contribution in [-0.2, 0) is 21.3 Å². The van der Waals surface area contributed by atoms with E-state index in [2.05, 4.69) is 27.8 Å². The van der Waals surface area contributed by atoms with Gasteiger partial charge in [0.05, 0.1) is 29.7 Å². The molecule has 2 aliphatic rings. The number of aromatic nitrogens is 1. The number of pyridine rings is 1. The molecule has 26 heavy (non-hydrogen) atoms. The molecule has 2 fully saturated rings. The van der Waals surface area contributed by atoms with Gasteiger partial charge in [0, 0.05) is 31.6 Å². The molecule has 140 valence electrons. The number of benzene rings is 1. The summed E-state index contributed by atoms with van der Waals surface area (Å²) in [6, 6.07) is 12.4. The van der Waals surface area contributed by atoms with E-state index in [1.807, 2.05) is 18.2 Å². The Morgan fingerprint density at radius 3 is 2.81 bits per heavy atom. The molecule has 3 heterocycles. The van der Waals surface area contributed by atoms with Gasteiger partial charge in [-0.15, -0.1) is 0 Å². The van der Waals surface area contributed by atoms with E-state index in [0.29, 0.717) is 13.2 Å². The predicted molar refractivity (Wildman–Crippen MR) is 101 cm³/mol. The Bertz CT molecular complexity index is 884. The fourth-order valence-corrected chi connectivity index (χ4v) is 4.44. The lowest BCUT2D eigenvalue weighted by molar-refractivity contribution is -0.181. The molecule has 0 unspecified atom stereocenters. The zero-order valence-electron chi connectivity index (χ0n) is 15.0. The van der Waals surface area contributed by atoms with Crippen LogP contribution >= 0.6 is 0 Å². The van der Waals surface area contributed by atoms with Gasteiger partial charge in [-0.05, 0) is 30.9 Å². The van der Waals surface area contributed by atoms with Crippen molar-refractivity contribution in [3.63, 3.8) is 0 Å². The Balaban J connectivity index is 1.27. The highest BCUT2D eigenvalue weighted by atomic mass is 32.2. The summed E-state index contributed by atoms with van der Waals surface area (Å²) in [6.45, 7) is 3.79. The minimum atomic E-state index is -3.12. The lowest BCUT2D eigenvalue weighted by atomic mass is 9.83. The Morgan fingerprint density at radius 1 is 1.27 bits per heavy atom. The van der Waals surface area contributed by atoms with Crippen LogP contribution in [0.1, 0.15) is 18.5 Å². The monoisotopic (exact) mass is 375 g/mol. The first-order chi connectivity index (χ1) is 12.4. The first-order valence-electron chi connectivity index (χ1n) is 9.06. The fourth-order valence-electron chi connectivity index (χ4n) is 3.90. The number of hydrogen-bond donors (Lipinski definition) is 1. The lowest BCUT2D eigenvalue weighted by Gasteiger charge is -2.52. The Labute approximate surface area is 154 Å². The number of rotatable bonds is 5. The Kier molecular flexibility index (Phi) is 4.73. The van der Waals surface area contributed by atoms with Gasteiger partial charge in [-0.25, -0.2) is 13.1 Å². The minimum absolute atomic E-state index is 0.0432. The van der Waals surface area contributed by atoms with Crippen LogP contribution in [0.5, 0.6) is 0 Å². The highest BCUT2D eigenvalue weighted by Crippen LogP contribution is 2.36. The van der Waals surface area contributed by atoms with Crippen molar-refractivity contribution in [1.82, 2.24) is 14.6 Å². The van der Waals surface area contributed by atoms with Gasteiger partial charge in [0.1, 0.15) is 0 Å². The van der Waals surface area contributed by atoms with Crippen molar-refractivity contribution in [3.8, 4) is 0 Å². The molecule has 0 radical (unpaired) electrons. The van der Waals surface area contributed by atoms with Gasteiger partial charge in [0.2, 0.25) is 10.0 Å². The van der Waals surface area contributed by atoms with Gasteiger partial charge in [0.25, 0.3) is 0 Å². The van der Waals surface area contributed by atoms with Crippen molar-refractivity contribution in [3.05, 3.63) is 42.1 Å². The second-order valence-corrected chi connectivity index (χ2v) is 9.49. The van der Waals surface area contributed by atoms with Crippen LogP contribution < -0.4 is 4.72 Å². The summed E-state index contributed by atoms with van der Waals surface area (Å²) in [7, 11) is -3.12. The third-order valence-corrected chi connectivity index (χ3v) is 6.02. The number of para-hydroxylation sites is 1. The first kappa shape index (κ1) is 17.9. The predicted octanol–water partition coefficient (Wildman–Crippen LogP) is 1.76. The normalized spacial score (nSPS) is 23.2. The number of fused-ring (bicyclic) bond motifs is 1. The van der Waals surface area contributed by atoms with Gasteiger partial charge in [0.15, 0.2) is 0 Å². The molecular formula is C19H25N3O3S. The van der Waals surface area contributed by atoms with E-state index in [9.17, 15) is 8.42 Å². The van der Waals surface area contributed by atoms with Crippen molar-refractivity contribution in [2.45, 2.75) is 25.0 Å². The summed E-state index contributed by atoms with van der Waals surface area (Å²) in [4.78, 5) is 7.11. The van der Waals surface area contributed by atoms with E-state index in [0.717, 1.165) is 43.7 Å². The van der Waals surface area contributed by atoms with Crippen LogP contribution in [0.2, 0.25) is 0 Å². The molecule has 2 saturated heterocycles. The molecule has 0 amide bonds. The number of nitrogens with one attached hydrogen (secondary N) is 1. The number of sulfonamides is 1. The fraction of sp³-hybridized carbons (Fsp3) is 0.526. The van der Waals surface area contributed by atoms with E-state index in [1.54, 1.807) is 0 Å². The third kappa shape index (κ3) is 4.06. The van der Waals surface area contributed by atoms with Gasteiger partial charge in [-0.3, -0.25) is 9.88 Å². The van der Waals surface area contributed by atoms with E-state index in [-0.39, 0.29) is 11.5 Å². The average molecular weight is 375 g/mol. The summed E-state index contributed by atoms with van der Waals surface area (Å²) < 4.78 is 31.1. The summed E-state index contributed by atoms with van der Waals surface area (Å²) in [5, 5.41) is 1.17. The first-order valence-corrected chi connectivity index (χ1v) is 11.0. The molecule has 2 aliphatic heterocycles. The number of likely N-dealkylation sites (tertiary alicyclic amines) is 1. The lowest BCUT2D eigenvalue weighted by Crippen LogP contribution is -2.64. The highest BCUT2D eigenvalue weighted by Gasteiger charge is 2.46. The van der Waals surface area contributed by atoms with Crippen molar-refractivity contribution in [2.75, 3.05) is 32.5 Å². The van der Waals surface area contributed by atoms with E-state index in [1.165, 1.54) is 11.6 Å². The zero-order chi connectivity index (χ0) is 18.2.